The molecule has 1 rings (SSSR count). The van der Waals surface area contributed by atoms with Gasteiger partial charge in [0.15, 0.2) is 0 Å². The molecule has 1 aromatic heterocycles. The van der Waals surface area contributed by atoms with Crippen LogP contribution in [-0.4, -0.2) is 27.3 Å². The first-order valence-electron chi connectivity index (χ1n) is 7.23. The standard InChI is InChI=1S/C14H26N4O2/c1-7-15-11(9(2)3)8-12-14(18(19)20)13(10(4)5)16-17(12)6/h9-11,15H,7-8H2,1-6H3. The molecule has 1 unspecified atom stereocenters. The van der Waals surface area contributed by atoms with Gasteiger partial charge in [-0.15, -0.1) is 0 Å². The highest BCUT2D eigenvalue weighted by molar-refractivity contribution is 5.43. The predicted molar refractivity (Wildman–Crippen MR) is 80.0 cm³/mol. The van der Waals surface area contributed by atoms with Crippen LogP contribution in [0.25, 0.3) is 0 Å². The molecule has 114 valence electrons. The van der Waals surface area contributed by atoms with Crippen LogP contribution in [-0.2, 0) is 13.5 Å². The van der Waals surface area contributed by atoms with Crippen molar-refractivity contribution in [1.29, 1.82) is 0 Å². The van der Waals surface area contributed by atoms with Crippen LogP contribution in [0.4, 0.5) is 5.69 Å². The van der Waals surface area contributed by atoms with E-state index in [0.717, 1.165) is 6.54 Å². The number of nitrogens with one attached hydrogen (secondary N) is 1. The summed E-state index contributed by atoms with van der Waals surface area (Å²) in [5.74, 6) is 0.457. The van der Waals surface area contributed by atoms with Crippen molar-refractivity contribution in [3.63, 3.8) is 0 Å². The highest BCUT2D eigenvalue weighted by atomic mass is 16.6. The van der Waals surface area contributed by atoms with Gasteiger partial charge in [0, 0.05) is 25.4 Å². The molecule has 0 bridgehead atoms. The average molecular weight is 282 g/mol. The average Bonchev–Trinajstić information content (AvgIpc) is 2.66. The number of rotatable bonds is 7. The van der Waals surface area contributed by atoms with Gasteiger partial charge in [0.05, 0.1) is 4.92 Å². The van der Waals surface area contributed by atoms with E-state index in [2.05, 4.69) is 24.3 Å². The van der Waals surface area contributed by atoms with Crippen molar-refractivity contribution in [2.45, 2.75) is 53.0 Å². The molecule has 0 aromatic carbocycles. The van der Waals surface area contributed by atoms with Crippen molar-refractivity contribution in [1.82, 2.24) is 15.1 Å². The Kier molecular flexibility index (Phi) is 5.68. The maximum absolute atomic E-state index is 11.4. The Labute approximate surface area is 120 Å². The second-order valence-corrected chi connectivity index (χ2v) is 5.83. The molecule has 0 aliphatic carbocycles. The van der Waals surface area contributed by atoms with E-state index in [4.69, 9.17) is 0 Å². The maximum Gasteiger partial charge on any atom is 0.313 e. The smallest absolute Gasteiger partial charge is 0.313 e. The van der Waals surface area contributed by atoms with Crippen LogP contribution in [0, 0.1) is 16.0 Å². The van der Waals surface area contributed by atoms with E-state index >= 15 is 0 Å². The van der Waals surface area contributed by atoms with Gasteiger partial charge in [0.1, 0.15) is 11.4 Å². The van der Waals surface area contributed by atoms with Crippen molar-refractivity contribution in [3.8, 4) is 0 Å². The summed E-state index contributed by atoms with van der Waals surface area (Å²) in [4.78, 5) is 11.1. The number of likely N-dealkylation sites (N-methyl/N-ethyl adjacent to an activating group) is 1. The molecule has 0 amide bonds. The Morgan fingerprint density at radius 3 is 2.35 bits per heavy atom. The minimum absolute atomic E-state index is 0.0481. The minimum atomic E-state index is -0.291. The van der Waals surface area contributed by atoms with E-state index < -0.39 is 0 Å². The molecule has 1 N–H and O–H groups in total. The van der Waals surface area contributed by atoms with Crippen molar-refractivity contribution < 1.29 is 4.92 Å². The van der Waals surface area contributed by atoms with Crippen molar-refractivity contribution in [2.75, 3.05) is 6.54 Å². The van der Waals surface area contributed by atoms with Crippen LogP contribution in [0.3, 0.4) is 0 Å². The van der Waals surface area contributed by atoms with Gasteiger partial charge in [-0.3, -0.25) is 14.8 Å². The summed E-state index contributed by atoms with van der Waals surface area (Å²) >= 11 is 0. The molecule has 6 heteroatoms. The summed E-state index contributed by atoms with van der Waals surface area (Å²) in [6, 6.07) is 0.217. The first-order valence-corrected chi connectivity index (χ1v) is 7.23. The number of nitrogens with zero attached hydrogens (tertiary/aromatic N) is 3. The van der Waals surface area contributed by atoms with Gasteiger partial charge >= 0.3 is 5.69 Å². The van der Waals surface area contributed by atoms with Crippen LogP contribution in [0.2, 0.25) is 0 Å². The lowest BCUT2D eigenvalue weighted by Gasteiger charge is -2.21. The van der Waals surface area contributed by atoms with Crippen molar-refractivity contribution >= 4 is 5.69 Å². The molecule has 0 radical (unpaired) electrons. The monoisotopic (exact) mass is 282 g/mol. The Bertz CT molecular complexity index is 466. The molecule has 0 saturated heterocycles. The lowest BCUT2D eigenvalue weighted by molar-refractivity contribution is -0.386. The second kappa shape index (κ2) is 6.83. The molecule has 1 atom stereocenters. The zero-order valence-electron chi connectivity index (χ0n) is 13.3. The third-order valence-electron chi connectivity index (χ3n) is 3.58. The fourth-order valence-electron chi connectivity index (χ4n) is 2.40. The van der Waals surface area contributed by atoms with Crippen LogP contribution >= 0.6 is 0 Å². The van der Waals surface area contributed by atoms with Crippen LogP contribution in [0.5, 0.6) is 0 Å². The number of nitro groups is 1. The first kappa shape index (κ1) is 16.6. The van der Waals surface area contributed by atoms with E-state index in [1.54, 1.807) is 11.7 Å². The van der Waals surface area contributed by atoms with E-state index in [-0.39, 0.29) is 22.6 Å². The Balaban J connectivity index is 3.19. The lowest BCUT2D eigenvalue weighted by atomic mass is 9.97. The summed E-state index contributed by atoms with van der Waals surface area (Å²) in [5, 5.41) is 19.2. The third kappa shape index (κ3) is 3.56. The summed E-state index contributed by atoms with van der Waals surface area (Å²) in [6.45, 7) is 11.0. The molecular formula is C14H26N4O2. The molecule has 6 nitrogen and oxygen atoms in total. The molecule has 20 heavy (non-hydrogen) atoms. The van der Waals surface area contributed by atoms with Crippen molar-refractivity contribution in [2.24, 2.45) is 13.0 Å². The van der Waals surface area contributed by atoms with Gasteiger partial charge in [-0.25, -0.2) is 0 Å². The van der Waals surface area contributed by atoms with E-state index in [0.29, 0.717) is 23.7 Å². The fraction of sp³-hybridized carbons (Fsp3) is 0.786. The fourth-order valence-corrected chi connectivity index (χ4v) is 2.40. The predicted octanol–water partition coefficient (Wildman–Crippen LogP) is 2.63. The number of hydrogen-bond donors (Lipinski definition) is 1. The van der Waals surface area contributed by atoms with Crippen molar-refractivity contribution in [3.05, 3.63) is 21.5 Å². The van der Waals surface area contributed by atoms with Gasteiger partial charge in [-0.2, -0.15) is 5.10 Å². The van der Waals surface area contributed by atoms with E-state index in [1.165, 1.54) is 0 Å². The molecule has 0 saturated carbocycles. The summed E-state index contributed by atoms with van der Waals surface area (Å²) in [5.41, 5.74) is 1.47. The molecular weight excluding hydrogens is 256 g/mol. The normalized spacial score (nSPS) is 13.2. The zero-order chi connectivity index (χ0) is 15.4. The SMILES string of the molecule is CCNC(Cc1c([N+](=O)[O-])c(C(C)C)nn1C)C(C)C. The molecule has 0 aliphatic heterocycles. The van der Waals surface area contributed by atoms with Crippen LogP contribution in [0.15, 0.2) is 0 Å². The van der Waals surface area contributed by atoms with E-state index in [1.807, 2.05) is 20.8 Å². The number of aryl methyl sites for hydroxylation is 1. The van der Waals surface area contributed by atoms with Crippen LogP contribution in [0.1, 0.15) is 51.9 Å². The van der Waals surface area contributed by atoms with Gasteiger partial charge in [0.2, 0.25) is 0 Å². The van der Waals surface area contributed by atoms with Gasteiger partial charge in [-0.1, -0.05) is 34.6 Å². The van der Waals surface area contributed by atoms with Gasteiger partial charge in [0.25, 0.3) is 0 Å². The third-order valence-corrected chi connectivity index (χ3v) is 3.58. The van der Waals surface area contributed by atoms with Gasteiger partial charge < -0.3 is 5.32 Å². The quantitative estimate of drug-likeness (QED) is 0.616. The highest BCUT2D eigenvalue weighted by Crippen LogP contribution is 2.30. The Morgan fingerprint density at radius 1 is 1.35 bits per heavy atom. The molecule has 0 fully saturated rings. The number of hydrogen-bond acceptors (Lipinski definition) is 4. The Hall–Kier alpha value is -1.43. The second-order valence-electron chi connectivity index (χ2n) is 5.83. The molecule has 1 aromatic rings. The highest BCUT2D eigenvalue weighted by Gasteiger charge is 2.30. The molecule has 1 heterocycles. The Morgan fingerprint density at radius 2 is 1.95 bits per heavy atom. The maximum atomic E-state index is 11.4. The first-order chi connectivity index (χ1) is 9.29. The molecule has 0 aliphatic rings. The van der Waals surface area contributed by atoms with Crippen LogP contribution < -0.4 is 5.32 Å². The minimum Gasteiger partial charge on any atom is -0.314 e. The summed E-state index contributed by atoms with van der Waals surface area (Å²) in [7, 11) is 1.79. The summed E-state index contributed by atoms with van der Waals surface area (Å²) < 4.78 is 1.67. The van der Waals surface area contributed by atoms with E-state index in [9.17, 15) is 10.1 Å². The molecule has 0 spiro atoms. The lowest BCUT2D eigenvalue weighted by Crippen LogP contribution is -2.36. The zero-order valence-corrected chi connectivity index (χ0v) is 13.3. The summed E-state index contributed by atoms with van der Waals surface area (Å²) in [6.07, 6.45) is 0.623. The topological polar surface area (TPSA) is 73.0 Å². The largest absolute Gasteiger partial charge is 0.314 e. The van der Waals surface area contributed by atoms with Gasteiger partial charge in [-0.05, 0) is 12.5 Å². The number of aromatic nitrogens is 2.